The first-order chi connectivity index (χ1) is 11.3. The highest BCUT2D eigenvalue weighted by atomic mass is 16.6. The second kappa shape index (κ2) is 8.67. The summed E-state index contributed by atoms with van der Waals surface area (Å²) in [7, 11) is 0. The maximum atomic E-state index is 12.1. The number of nitrogens with zero attached hydrogens (tertiary/aromatic N) is 1. The number of piperazine rings is 1. The largest absolute Gasteiger partial charge is 0.444 e. The van der Waals surface area contributed by atoms with Gasteiger partial charge in [0.25, 0.3) is 0 Å². The average Bonchev–Trinajstić information content (AvgIpc) is 2.48. The van der Waals surface area contributed by atoms with Crippen LogP contribution in [0.15, 0.2) is 0 Å². The van der Waals surface area contributed by atoms with Crippen LogP contribution in [0, 0.1) is 0 Å². The molecule has 0 unspecified atom stereocenters. The number of hydrogen-bond acceptors (Lipinski definition) is 5. The summed E-state index contributed by atoms with van der Waals surface area (Å²) in [6, 6.07) is 0.360. The van der Waals surface area contributed by atoms with Gasteiger partial charge in [-0.3, -0.25) is 9.69 Å². The number of carbonyl (C=O) groups is 2. The molecule has 24 heavy (non-hydrogen) atoms. The Morgan fingerprint density at radius 1 is 1.04 bits per heavy atom. The standard InChI is InChI=1S/C17H32N4O3/c1-17(2,3)24-16(23)20-14-6-4-13(5-7-14)19-15(22)12-21-10-8-18-9-11-21/h13-14,18H,4-12H2,1-3H3,(H,19,22)(H,20,23). The van der Waals surface area contributed by atoms with Crippen molar-refractivity contribution in [2.24, 2.45) is 0 Å². The molecule has 0 aromatic rings. The van der Waals surface area contributed by atoms with E-state index in [1.54, 1.807) is 0 Å². The van der Waals surface area contributed by atoms with Gasteiger partial charge < -0.3 is 20.7 Å². The fourth-order valence-electron chi connectivity index (χ4n) is 3.20. The van der Waals surface area contributed by atoms with Gasteiger partial charge >= 0.3 is 6.09 Å². The fourth-order valence-corrected chi connectivity index (χ4v) is 3.20. The summed E-state index contributed by atoms with van der Waals surface area (Å²) in [5, 5.41) is 9.34. The minimum Gasteiger partial charge on any atom is -0.444 e. The van der Waals surface area contributed by atoms with Crippen LogP contribution in [0.2, 0.25) is 0 Å². The molecule has 0 bridgehead atoms. The number of nitrogens with one attached hydrogen (secondary N) is 3. The van der Waals surface area contributed by atoms with Gasteiger partial charge in [-0.05, 0) is 46.5 Å². The predicted molar refractivity (Wildman–Crippen MR) is 92.9 cm³/mol. The van der Waals surface area contributed by atoms with Crippen LogP contribution in [0.5, 0.6) is 0 Å². The van der Waals surface area contributed by atoms with Crippen LogP contribution in [-0.2, 0) is 9.53 Å². The van der Waals surface area contributed by atoms with Crippen molar-refractivity contribution >= 4 is 12.0 Å². The molecule has 1 heterocycles. The van der Waals surface area contributed by atoms with Crippen molar-refractivity contribution in [2.75, 3.05) is 32.7 Å². The van der Waals surface area contributed by atoms with E-state index in [1.807, 2.05) is 20.8 Å². The molecule has 2 fully saturated rings. The van der Waals surface area contributed by atoms with Crippen LogP contribution in [0.4, 0.5) is 4.79 Å². The van der Waals surface area contributed by atoms with Crippen molar-refractivity contribution in [1.29, 1.82) is 0 Å². The van der Waals surface area contributed by atoms with Crippen molar-refractivity contribution < 1.29 is 14.3 Å². The normalized spacial score (nSPS) is 25.8. The quantitative estimate of drug-likeness (QED) is 0.707. The zero-order valence-corrected chi connectivity index (χ0v) is 15.2. The predicted octanol–water partition coefficient (Wildman–Crippen LogP) is 0.844. The Morgan fingerprint density at radius 2 is 1.58 bits per heavy atom. The first kappa shape index (κ1) is 19.0. The Hall–Kier alpha value is -1.34. The Labute approximate surface area is 144 Å². The minimum absolute atomic E-state index is 0.112. The van der Waals surface area contributed by atoms with Crippen LogP contribution in [0.3, 0.4) is 0 Å². The summed E-state index contributed by atoms with van der Waals surface area (Å²) in [6.45, 7) is 9.83. The fraction of sp³-hybridized carbons (Fsp3) is 0.882. The number of ether oxygens (including phenoxy) is 1. The molecule has 0 radical (unpaired) electrons. The third-order valence-corrected chi connectivity index (χ3v) is 4.39. The van der Waals surface area contributed by atoms with Crippen molar-refractivity contribution in [3.63, 3.8) is 0 Å². The molecule has 2 amide bonds. The molecule has 138 valence electrons. The Balaban J connectivity index is 1.63. The average molecular weight is 340 g/mol. The number of rotatable bonds is 4. The summed E-state index contributed by atoms with van der Waals surface area (Å²) in [5.74, 6) is 0.112. The molecule has 0 atom stereocenters. The van der Waals surface area contributed by atoms with E-state index in [2.05, 4.69) is 20.9 Å². The molecule has 0 aromatic heterocycles. The van der Waals surface area contributed by atoms with Crippen molar-refractivity contribution in [3.05, 3.63) is 0 Å². The zero-order chi connectivity index (χ0) is 17.6. The smallest absolute Gasteiger partial charge is 0.407 e. The third kappa shape index (κ3) is 7.05. The summed E-state index contributed by atoms with van der Waals surface area (Å²) in [4.78, 5) is 26.1. The third-order valence-electron chi connectivity index (χ3n) is 4.39. The lowest BCUT2D eigenvalue weighted by Gasteiger charge is -2.31. The van der Waals surface area contributed by atoms with E-state index in [9.17, 15) is 9.59 Å². The number of carbonyl (C=O) groups excluding carboxylic acids is 2. The Bertz CT molecular complexity index is 422. The maximum Gasteiger partial charge on any atom is 0.407 e. The molecule has 7 heteroatoms. The van der Waals surface area contributed by atoms with E-state index in [0.29, 0.717) is 6.54 Å². The first-order valence-electron chi connectivity index (χ1n) is 9.04. The maximum absolute atomic E-state index is 12.1. The van der Waals surface area contributed by atoms with Crippen LogP contribution in [-0.4, -0.2) is 67.3 Å². The lowest BCUT2D eigenvalue weighted by molar-refractivity contribution is -0.123. The number of alkyl carbamates (subject to hydrolysis) is 1. The van der Waals surface area contributed by atoms with E-state index in [4.69, 9.17) is 4.74 Å². The highest BCUT2D eigenvalue weighted by Crippen LogP contribution is 2.19. The lowest BCUT2D eigenvalue weighted by Crippen LogP contribution is -2.50. The molecule has 2 rings (SSSR count). The van der Waals surface area contributed by atoms with Gasteiger partial charge in [-0.1, -0.05) is 0 Å². The second-order valence-corrected chi connectivity index (χ2v) is 7.79. The van der Waals surface area contributed by atoms with Gasteiger partial charge in [-0.15, -0.1) is 0 Å². The molecular weight excluding hydrogens is 308 g/mol. The van der Waals surface area contributed by atoms with E-state index in [0.717, 1.165) is 51.9 Å². The van der Waals surface area contributed by atoms with Crippen molar-refractivity contribution in [3.8, 4) is 0 Å². The van der Waals surface area contributed by atoms with Crippen LogP contribution in [0.1, 0.15) is 46.5 Å². The molecule has 0 spiro atoms. The first-order valence-corrected chi connectivity index (χ1v) is 9.04. The highest BCUT2D eigenvalue weighted by molar-refractivity contribution is 5.78. The molecule has 7 nitrogen and oxygen atoms in total. The van der Waals surface area contributed by atoms with Gasteiger partial charge in [0.2, 0.25) is 5.91 Å². The number of hydrogen-bond donors (Lipinski definition) is 3. The van der Waals surface area contributed by atoms with Gasteiger partial charge in [0, 0.05) is 38.3 Å². The van der Waals surface area contributed by atoms with Crippen LogP contribution < -0.4 is 16.0 Å². The SMILES string of the molecule is CC(C)(C)OC(=O)NC1CCC(NC(=O)CN2CCNCC2)CC1. The Morgan fingerprint density at radius 3 is 2.12 bits per heavy atom. The molecule has 1 aliphatic heterocycles. The van der Waals surface area contributed by atoms with Gasteiger partial charge in [-0.25, -0.2) is 4.79 Å². The van der Waals surface area contributed by atoms with Crippen molar-refractivity contribution in [2.45, 2.75) is 64.1 Å². The number of amides is 2. The topological polar surface area (TPSA) is 82.7 Å². The van der Waals surface area contributed by atoms with E-state index < -0.39 is 5.60 Å². The second-order valence-electron chi connectivity index (χ2n) is 7.79. The van der Waals surface area contributed by atoms with Crippen LogP contribution in [0.25, 0.3) is 0 Å². The van der Waals surface area contributed by atoms with Crippen LogP contribution >= 0.6 is 0 Å². The van der Waals surface area contributed by atoms with E-state index >= 15 is 0 Å². The summed E-state index contributed by atoms with van der Waals surface area (Å²) in [5.41, 5.74) is -0.473. The van der Waals surface area contributed by atoms with E-state index in [1.165, 1.54) is 0 Å². The molecule has 1 saturated heterocycles. The monoisotopic (exact) mass is 340 g/mol. The molecular formula is C17H32N4O3. The highest BCUT2D eigenvalue weighted by Gasteiger charge is 2.26. The summed E-state index contributed by atoms with van der Waals surface area (Å²) in [6.07, 6.45) is 3.19. The van der Waals surface area contributed by atoms with Crippen molar-refractivity contribution in [1.82, 2.24) is 20.9 Å². The van der Waals surface area contributed by atoms with Gasteiger partial charge in [0.15, 0.2) is 0 Å². The molecule has 1 aliphatic carbocycles. The van der Waals surface area contributed by atoms with Gasteiger partial charge in [-0.2, -0.15) is 0 Å². The molecule has 2 aliphatic rings. The zero-order valence-electron chi connectivity index (χ0n) is 15.2. The summed E-state index contributed by atoms with van der Waals surface area (Å²) < 4.78 is 5.29. The summed E-state index contributed by atoms with van der Waals surface area (Å²) >= 11 is 0. The molecule has 0 aromatic carbocycles. The van der Waals surface area contributed by atoms with E-state index in [-0.39, 0.29) is 24.1 Å². The van der Waals surface area contributed by atoms with Gasteiger partial charge in [0.1, 0.15) is 5.60 Å². The van der Waals surface area contributed by atoms with Gasteiger partial charge in [0.05, 0.1) is 6.54 Å². The molecule has 3 N–H and O–H groups in total. The lowest BCUT2D eigenvalue weighted by atomic mass is 9.91. The minimum atomic E-state index is -0.473. The molecule has 1 saturated carbocycles. The Kier molecular flexibility index (Phi) is 6.86.